The molecule has 0 bridgehead atoms. The molecule has 0 saturated carbocycles. The molecule has 1 atom stereocenters. The van der Waals surface area contributed by atoms with E-state index in [1.165, 1.54) is 0 Å². The molecule has 0 spiro atoms. The normalized spacial score (nSPS) is 12.5. The molecule has 0 aliphatic carbocycles. The molecule has 0 saturated heterocycles. The minimum atomic E-state index is -1.01. The molecule has 0 rings (SSSR count). The van der Waals surface area contributed by atoms with Gasteiger partial charge in [-0.3, -0.25) is 4.79 Å². The maximum atomic E-state index is 10.2. The number of hydrogen-bond donors (Lipinski definition) is 1. The van der Waals surface area contributed by atoms with Crippen molar-refractivity contribution >= 4 is 12.3 Å². The number of hydrogen-bond acceptors (Lipinski definition) is 2. The van der Waals surface area contributed by atoms with Gasteiger partial charge in [0.1, 0.15) is 12.2 Å². The number of carbonyl (C=O) groups excluding carboxylic acids is 1. The van der Waals surface area contributed by atoms with Crippen molar-refractivity contribution in [3.63, 3.8) is 0 Å². The summed E-state index contributed by atoms with van der Waals surface area (Å²) < 4.78 is 0. The first kappa shape index (κ1) is 9.14. The zero-order valence-corrected chi connectivity index (χ0v) is 6.04. The zero-order chi connectivity index (χ0) is 7.98. The number of carbonyl (C=O) groups is 2. The summed E-state index contributed by atoms with van der Waals surface area (Å²) in [6, 6.07) is 0. The summed E-state index contributed by atoms with van der Waals surface area (Å²) in [7, 11) is 0. The van der Waals surface area contributed by atoms with E-state index in [4.69, 9.17) is 5.11 Å². The predicted octanol–water partition coefficient (Wildman–Crippen LogP) is 1.08. The highest BCUT2D eigenvalue weighted by Crippen LogP contribution is 2.05. The highest BCUT2D eigenvalue weighted by atomic mass is 16.4. The van der Waals surface area contributed by atoms with Crippen LogP contribution in [0.4, 0.5) is 0 Å². The molecule has 0 aromatic carbocycles. The van der Waals surface area contributed by atoms with E-state index in [9.17, 15) is 9.59 Å². The van der Waals surface area contributed by atoms with E-state index in [-0.39, 0.29) is 0 Å². The summed E-state index contributed by atoms with van der Waals surface area (Å²) in [5.41, 5.74) is 0. The number of aldehydes is 1. The first-order chi connectivity index (χ1) is 4.72. The number of carboxylic acid groups (broad SMARTS) is 1. The lowest BCUT2D eigenvalue weighted by molar-refractivity contribution is -0.143. The van der Waals surface area contributed by atoms with Crippen LogP contribution in [0.5, 0.6) is 0 Å². The Labute approximate surface area is 60.0 Å². The summed E-state index contributed by atoms with van der Waals surface area (Å²) >= 11 is 0. The van der Waals surface area contributed by atoms with Crippen LogP contribution in [-0.2, 0) is 9.59 Å². The van der Waals surface area contributed by atoms with E-state index in [1.807, 2.05) is 6.92 Å². The standard InChI is InChI=1S/C7H12O3/c1-2-3-4-6(5-8)7(9)10/h5-6H,2-4H2,1H3,(H,9,10). The molecule has 1 unspecified atom stereocenters. The average molecular weight is 144 g/mol. The Morgan fingerprint density at radius 1 is 1.70 bits per heavy atom. The van der Waals surface area contributed by atoms with Gasteiger partial charge >= 0.3 is 5.97 Å². The third kappa shape index (κ3) is 3.22. The van der Waals surface area contributed by atoms with Crippen LogP contribution in [0.25, 0.3) is 0 Å². The molecular weight excluding hydrogens is 132 g/mol. The number of aliphatic carboxylic acids is 1. The zero-order valence-electron chi connectivity index (χ0n) is 6.04. The van der Waals surface area contributed by atoms with E-state index in [0.717, 1.165) is 12.8 Å². The Morgan fingerprint density at radius 3 is 2.60 bits per heavy atom. The van der Waals surface area contributed by atoms with Gasteiger partial charge in [-0.15, -0.1) is 0 Å². The lowest BCUT2D eigenvalue weighted by atomic mass is 10.0. The van der Waals surface area contributed by atoms with Crippen LogP contribution < -0.4 is 0 Å². The summed E-state index contributed by atoms with van der Waals surface area (Å²) in [5, 5.41) is 8.37. The Balaban J connectivity index is 3.60. The van der Waals surface area contributed by atoms with Crippen LogP contribution in [0.15, 0.2) is 0 Å². The topological polar surface area (TPSA) is 54.4 Å². The largest absolute Gasteiger partial charge is 0.481 e. The highest BCUT2D eigenvalue weighted by molar-refractivity contribution is 5.86. The van der Waals surface area contributed by atoms with E-state index in [0.29, 0.717) is 12.7 Å². The lowest BCUT2D eigenvalue weighted by Crippen LogP contribution is -2.14. The summed E-state index contributed by atoms with van der Waals surface area (Å²) in [5.74, 6) is -1.80. The summed E-state index contributed by atoms with van der Waals surface area (Å²) in [6.07, 6.45) is 2.70. The van der Waals surface area contributed by atoms with Gasteiger partial charge in [-0.05, 0) is 6.42 Å². The average Bonchev–Trinajstić information content (AvgIpc) is 1.89. The van der Waals surface area contributed by atoms with Crippen molar-refractivity contribution in [3.05, 3.63) is 0 Å². The van der Waals surface area contributed by atoms with Gasteiger partial charge in [0.2, 0.25) is 0 Å². The Kier molecular flexibility index (Phi) is 4.54. The molecule has 0 heterocycles. The second-order valence-electron chi connectivity index (χ2n) is 2.22. The molecule has 0 radical (unpaired) electrons. The smallest absolute Gasteiger partial charge is 0.313 e. The van der Waals surface area contributed by atoms with Crippen molar-refractivity contribution in [1.29, 1.82) is 0 Å². The van der Waals surface area contributed by atoms with Gasteiger partial charge in [0, 0.05) is 0 Å². The Bertz CT molecular complexity index is 120. The quantitative estimate of drug-likeness (QED) is 0.464. The summed E-state index contributed by atoms with van der Waals surface area (Å²) in [6.45, 7) is 1.96. The van der Waals surface area contributed by atoms with Gasteiger partial charge in [0.15, 0.2) is 0 Å². The van der Waals surface area contributed by atoms with Crippen molar-refractivity contribution < 1.29 is 14.7 Å². The maximum absolute atomic E-state index is 10.2. The maximum Gasteiger partial charge on any atom is 0.313 e. The fourth-order valence-corrected chi connectivity index (χ4v) is 0.674. The van der Waals surface area contributed by atoms with Gasteiger partial charge in [-0.25, -0.2) is 0 Å². The van der Waals surface area contributed by atoms with Crippen LogP contribution in [0.3, 0.4) is 0 Å². The fourth-order valence-electron chi connectivity index (χ4n) is 0.674. The number of unbranched alkanes of at least 4 members (excludes halogenated alkanes) is 1. The Hall–Kier alpha value is -0.860. The minimum absolute atomic E-state index is 0.468. The molecule has 10 heavy (non-hydrogen) atoms. The van der Waals surface area contributed by atoms with E-state index >= 15 is 0 Å². The number of carboxylic acids is 1. The first-order valence-corrected chi connectivity index (χ1v) is 3.40. The van der Waals surface area contributed by atoms with Crippen LogP contribution >= 0.6 is 0 Å². The van der Waals surface area contributed by atoms with Crippen molar-refractivity contribution in [3.8, 4) is 0 Å². The van der Waals surface area contributed by atoms with Gasteiger partial charge < -0.3 is 9.90 Å². The lowest BCUT2D eigenvalue weighted by Gasteiger charge is -2.00. The second-order valence-corrected chi connectivity index (χ2v) is 2.22. The molecular formula is C7H12O3. The van der Waals surface area contributed by atoms with Crippen LogP contribution in [0.1, 0.15) is 26.2 Å². The van der Waals surface area contributed by atoms with Gasteiger partial charge in [-0.1, -0.05) is 19.8 Å². The molecule has 0 aliphatic heterocycles. The van der Waals surface area contributed by atoms with E-state index < -0.39 is 11.9 Å². The fraction of sp³-hybridized carbons (Fsp3) is 0.714. The minimum Gasteiger partial charge on any atom is -0.481 e. The number of rotatable bonds is 5. The van der Waals surface area contributed by atoms with Gasteiger partial charge in [-0.2, -0.15) is 0 Å². The summed E-state index contributed by atoms with van der Waals surface area (Å²) in [4.78, 5) is 20.3. The van der Waals surface area contributed by atoms with Gasteiger partial charge in [0.05, 0.1) is 0 Å². The third-order valence-corrected chi connectivity index (χ3v) is 1.35. The van der Waals surface area contributed by atoms with Crippen molar-refractivity contribution in [2.45, 2.75) is 26.2 Å². The highest BCUT2D eigenvalue weighted by Gasteiger charge is 2.14. The second kappa shape index (κ2) is 4.97. The molecule has 0 aliphatic rings. The monoisotopic (exact) mass is 144 g/mol. The van der Waals surface area contributed by atoms with Crippen LogP contribution in [0, 0.1) is 5.92 Å². The van der Waals surface area contributed by atoms with Crippen molar-refractivity contribution in [2.24, 2.45) is 5.92 Å². The third-order valence-electron chi connectivity index (χ3n) is 1.35. The molecule has 0 aromatic heterocycles. The van der Waals surface area contributed by atoms with Crippen LogP contribution in [0.2, 0.25) is 0 Å². The van der Waals surface area contributed by atoms with Crippen molar-refractivity contribution in [1.82, 2.24) is 0 Å². The molecule has 1 N–H and O–H groups in total. The SMILES string of the molecule is CCCCC(C=O)C(=O)O. The Morgan fingerprint density at radius 2 is 2.30 bits per heavy atom. The molecule has 0 amide bonds. The van der Waals surface area contributed by atoms with E-state index in [1.54, 1.807) is 0 Å². The van der Waals surface area contributed by atoms with E-state index in [2.05, 4.69) is 0 Å². The van der Waals surface area contributed by atoms with Gasteiger partial charge in [0.25, 0.3) is 0 Å². The first-order valence-electron chi connectivity index (χ1n) is 3.40. The molecule has 0 aromatic rings. The molecule has 0 fully saturated rings. The van der Waals surface area contributed by atoms with Crippen molar-refractivity contribution in [2.75, 3.05) is 0 Å². The van der Waals surface area contributed by atoms with Crippen LogP contribution in [-0.4, -0.2) is 17.4 Å². The predicted molar refractivity (Wildman–Crippen MR) is 36.7 cm³/mol. The molecule has 58 valence electrons. The molecule has 3 nitrogen and oxygen atoms in total. The molecule has 3 heteroatoms.